The second-order valence-electron chi connectivity index (χ2n) is 5.65. The molecule has 1 rings (SSSR count). The minimum Gasteiger partial charge on any atom is -0.380 e. The Hall–Kier alpha value is -1.68. The molecule has 1 aromatic rings. The highest BCUT2D eigenvalue weighted by Crippen LogP contribution is 2.19. The van der Waals surface area contributed by atoms with Gasteiger partial charge < -0.3 is 5.11 Å². The van der Waals surface area contributed by atoms with Gasteiger partial charge in [0.25, 0.3) is 5.91 Å². The Balaban J connectivity index is 2.87. The van der Waals surface area contributed by atoms with Gasteiger partial charge in [0.2, 0.25) is 0 Å². The minimum atomic E-state index is -1.32. The van der Waals surface area contributed by atoms with E-state index in [9.17, 15) is 9.90 Å². The third-order valence-corrected chi connectivity index (χ3v) is 3.64. The van der Waals surface area contributed by atoms with Gasteiger partial charge in [0.05, 0.1) is 5.71 Å². The molecule has 0 aliphatic rings. The van der Waals surface area contributed by atoms with Crippen LogP contribution in [-0.2, 0) is 4.79 Å². The zero-order chi connectivity index (χ0) is 16.4. The quantitative estimate of drug-likeness (QED) is 0.540. The largest absolute Gasteiger partial charge is 0.380 e. The number of rotatable bonds is 9. The third-order valence-electron chi connectivity index (χ3n) is 3.64. The van der Waals surface area contributed by atoms with Crippen molar-refractivity contribution in [3.8, 4) is 0 Å². The molecule has 2 N–H and O–H groups in total. The van der Waals surface area contributed by atoms with Crippen molar-refractivity contribution in [1.29, 1.82) is 0 Å². The lowest BCUT2D eigenvalue weighted by molar-refractivity contribution is -0.141. The molecule has 0 radical (unpaired) electrons. The lowest BCUT2D eigenvalue weighted by Gasteiger charge is -2.25. The van der Waals surface area contributed by atoms with Crippen LogP contribution in [0.25, 0.3) is 0 Å². The second-order valence-corrected chi connectivity index (χ2v) is 5.65. The van der Waals surface area contributed by atoms with E-state index in [2.05, 4.69) is 17.5 Å². The molecule has 0 aromatic heterocycles. The van der Waals surface area contributed by atoms with Crippen LogP contribution in [0.5, 0.6) is 0 Å². The fraction of sp³-hybridized carbons (Fsp3) is 0.556. The van der Waals surface area contributed by atoms with Gasteiger partial charge in [-0.2, -0.15) is 5.10 Å². The normalized spacial score (nSPS) is 12.3. The van der Waals surface area contributed by atoms with Crippen molar-refractivity contribution in [2.45, 2.75) is 64.9 Å². The van der Waals surface area contributed by atoms with Gasteiger partial charge in [-0.15, -0.1) is 0 Å². The molecule has 122 valence electrons. The Bertz CT molecular complexity index is 477. The highest BCUT2D eigenvalue weighted by atomic mass is 16.3. The van der Waals surface area contributed by atoms with Crippen LogP contribution in [0.2, 0.25) is 0 Å². The number of aliphatic hydroxyl groups is 1. The number of hydrogen-bond acceptors (Lipinski definition) is 3. The third kappa shape index (κ3) is 5.26. The van der Waals surface area contributed by atoms with E-state index in [0.29, 0.717) is 12.8 Å². The molecule has 0 saturated heterocycles. The number of nitrogens with zero attached hydrogens (tertiary/aromatic N) is 1. The van der Waals surface area contributed by atoms with Crippen LogP contribution in [0, 0.1) is 0 Å². The summed E-state index contributed by atoms with van der Waals surface area (Å²) in [5.41, 5.74) is 3.10. The van der Waals surface area contributed by atoms with E-state index in [-0.39, 0.29) is 0 Å². The summed E-state index contributed by atoms with van der Waals surface area (Å²) >= 11 is 0. The zero-order valence-electron chi connectivity index (χ0n) is 13.9. The molecule has 4 nitrogen and oxygen atoms in total. The summed E-state index contributed by atoms with van der Waals surface area (Å²) < 4.78 is 0. The Morgan fingerprint density at radius 1 is 1.09 bits per heavy atom. The van der Waals surface area contributed by atoms with Crippen LogP contribution < -0.4 is 5.43 Å². The molecule has 1 aromatic carbocycles. The standard InChI is InChI=1S/C18H28N2O2/c1-4-10-16(15-11-8-7-9-12-15)19-20-17(21)18(22,13-5-2)14-6-3/h7-9,11-12,22H,4-6,10,13-14H2,1-3H3,(H,20,21)/b19-16-. The van der Waals surface area contributed by atoms with E-state index in [4.69, 9.17) is 0 Å². The zero-order valence-corrected chi connectivity index (χ0v) is 13.9. The number of hydrazone groups is 1. The molecule has 22 heavy (non-hydrogen) atoms. The summed E-state index contributed by atoms with van der Waals surface area (Å²) in [6.07, 6.45) is 4.15. The highest BCUT2D eigenvalue weighted by Gasteiger charge is 2.33. The Labute approximate surface area is 133 Å². The van der Waals surface area contributed by atoms with Crippen molar-refractivity contribution in [2.24, 2.45) is 5.10 Å². The smallest absolute Gasteiger partial charge is 0.271 e. The second kappa shape index (κ2) is 9.36. The Morgan fingerprint density at radius 2 is 1.68 bits per heavy atom. The van der Waals surface area contributed by atoms with E-state index in [1.54, 1.807) is 0 Å². The molecule has 0 saturated carbocycles. The van der Waals surface area contributed by atoms with Crippen molar-refractivity contribution in [2.75, 3.05) is 0 Å². The fourth-order valence-corrected chi connectivity index (χ4v) is 2.53. The van der Waals surface area contributed by atoms with E-state index in [0.717, 1.165) is 37.0 Å². The Morgan fingerprint density at radius 3 is 2.18 bits per heavy atom. The number of carbonyl (C=O) groups excluding carboxylic acids is 1. The minimum absolute atomic E-state index is 0.402. The van der Waals surface area contributed by atoms with Crippen LogP contribution >= 0.6 is 0 Å². The maximum absolute atomic E-state index is 12.3. The first-order valence-corrected chi connectivity index (χ1v) is 8.22. The van der Waals surface area contributed by atoms with Crippen LogP contribution in [0.3, 0.4) is 0 Å². The maximum atomic E-state index is 12.3. The van der Waals surface area contributed by atoms with Gasteiger partial charge in [-0.05, 0) is 24.8 Å². The topological polar surface area (TPSA) is 61.7 Å². The fourth-order valence-electron chi connectivity index (χ4n) is 2.53. The predicted molar refractivity (Wildman–Crippen MR) is 90.8 cm³/mol. The van der Waals surface area contributed by atoms with Gasteiger partial charge in [-0.25, -0.2) is 5.43 Å². The van der Waals surface area contributed by atoms with Crippen molar-refractivity contribution >= 4 is 11.6 Å². The summed E-state index contributed by atoms with van der Waals surface area (Å²) in [7, 11) is 0. The molecule has 0 spiro atoms. The van der Waals surface area contributed by atoms with Crippen LogP contribution in [-0.4, -0.2) is 22.3 Å². The molecule has 0 heterocycles. The molecule has 0 bridgehead atoms. The summed E-state index contributed by atoms with van der Waals surface area (Å²) in [4.78, 5) is 12.3. The van der Waals surface area contributed by atoms with Gasteiger partial charge in [0.15, 0.2) is 0 Å². The van der Waals surface area contributed by atoms with Gasteiger partial charge in [-0.3, -0.25) is 4.79 Å². The molecule has 0 fully saturated rings. The van der Waals surface area contributed by atoms with Crippen molar-refractivity contribution in [3.05, 3.63) is 35.9 Å². The summed E-state index contributed by atoms with van der Waals surface area (Å²) in [5.74, 6) is -0.402. The SMILES string of the molecule is CCC/C(=N/NC(=O)C(O)(CCC)CCC)c1ccccc1. The van der Waals surface area contributed by atoms with Crippen molar-refractivity contribution in [3.63, 3.8) is 0 Å². The van der Waals surface area contributed by atoms with Crippen LogP contribution in [0.4, 0.5) is 0 Å². The van der Waals surface area contributed by atoms with Gasteiger partial charge in [0.1, 0.15) is 5.60 Å². The average molecular weight is 304 g/mol. The highest BCUT2D eigenvalue weighted by molar-refractivity contribution is 6.01. The molecule has 0 unspecified atom stereocenters. The van der Waals surface area contributed by atoms with Gasteiger partial charge in [-0.1, -0.05) is 70.4 Å². The van der Waals surface area contributed by atoms with Crippen LogP contribution in [0.1, 0.15) is 64.9 Å². The molecule has 0 aliphatic carbocycles. The molecule has 0 atom stereocenters. The monoisotopic (exact) mass is 304 g/mol. The lowest BCUT2D eigenvalue weighted by atomic mass is 9.92. The number of benzene rings is 1. The van der Waals surface area contributed by atoms with Crippen LogP contribution in [0.15, 0.2) is 35.4 Å². The lowest BCUT2D eigenvalue weighted by Crippen LogP contribution is -2.45. The summed E-state index contributed by atoms with van der Waals surface area (Å²) in [6, 6.07) is 9.81. The summed E-state index contributed by atoms with van der Waals surface area (Å²) in [6.45, 7) is 6.00. The first-order valence-electron chi connectivity index (χ1n) is 8.22. The van der Waals surface area contributed by atoms with E-state index >= 15 is 0 Å². The molecule has 4 heteroatoms. The summed E-state index contributed by atoms with van der Waals surface area (Å²) in [5, 5.41) is 14.8. The number of hydrogen-bond donors (Lipinski definition) is 2. The van der Waals surface area contributed by atoms with Gasteiger partial charge >= 0.3 is 0 Å². The number of amides is 1. The Kier molecular flexibility index (Phi) is 7.82. The van der Waals surface area contributed by atoms with E-state index in [1.165, 1.54) is 0 Å². The average Bonchev–Trinajstić information content (AvgIpc) is 2.52. The van der Waals surface area contributed by atoms with E-state index in [1.807, 2.05) is 44.2 Å². The first-order chi connectivity index (χ1) is 10.6. The number of nitrogens with one attached hydrogen (secondary N) is 1. The molecular weight excluding hydrogens is 276 g/mol. The van der Waals surface area contributed by atoms with Gasteiger partial charge in [0, 0.05) is 0 Å². The predicted octanol–water partition coefficient (Wildman–Crippen LogP) is 3.64. The van der Waals surface area contributed by atoms with Crippen molar-refractivity contribution < 1.29 is 9.90 Å². The van der Waals surface area contributed by atoms with Crippen molar-refractivity contribution in [1.82, 2.24) is 5.43 Å². The molecular formula is C18H28N2O2. The molecule has 1 amide bonds. The maximum Gasteiger partial charge on any atom is 0.271 e. The molecule has 0 aliphatic heterocycles. The van der Waals surface area contributed by atoms with E-state index < -0.39 is 11.5 Å². The first kappa shape index (κ1) is 18.4. The number of carbonyl (C=O) groups is 1.